The van der Waals surface area contributed by atoms with E-state index in [4.69, 9.17) is 14.7 Å². The van der Waals surface area contributed by atoms with Gasteiger partial charge >= 0.3 is 5.69 Å². The van der Waals surface area contributed by atoms with Crippen LogP contribution >= 0.6 is 0 Å². The number of ether oxygens (including phenoxy) is 2. The lowest BCUT2D eigenvalue weighted by Gasteiger charge is -2.14. The lowest BCUT2D eigenvalue weighted by atomic mass is 10.3. The molecule has 1 heterocycles. The molecule has 0 saturated heterocycles. The van der Waals surface area contributed by atoms with Crippen LogP contribution in [0.3, 0.4) is 0 Å². The van der Waals surface area contributed by atoms with Crippen molar-refractivity contribution in [2.24, 2.45) is 0 Å². The smallest absolute Gasteiger partial charge is 0.305 e. The van der Waals surface area contributed by atoms with Crippen LogP contribution in [-0.4, -0.2) is 37.0 Å². The number of rotatable bonds is 6. The van der Waals surface area contributed by atoms with Crippen LogP contribution in [0.4, 0.5) is 11.5 Å². The topological polar surface area (TPSA) is 110 Å². The molecular formula is C10H12N4O4. The predicted octanol–water partition coefficient (Wildman–Crippen LogP) is 0.892. The summed E-state index contributed by atoms with van der Waals surface area (Å²) in [4.78, 5) is 13.8. The third-order valence-electron chi connectivity index (χ3n) is 2.15. The lowest BCUT2D eigenvalue weighted by molar-refractivity contribution is -0.385. The number of hydrogen-bond donors (Lipinski definition) is 1. The molecule has 1 aromatic rings. The Kier molecular flexibility index (Phi) is 4.98. The summed E-state index contributed by atoms with van der Waals surface area (Å²) in [7, 11) is 2.97. The van der Waals surface area contributed by atoms with Crippen molar-refractivity contribution in [2.45, 2.75) is 6.29 Å². The van der Waals surface area contributed by atoms with E-state index in [9.17, 15) is 10.1 Å². The Balaban J connectivity index is 2.81. The maximum Gasteiger partial charge on any atom is 0.305 e. The van der Waals surface area contributed by atoms with E-state index in [-0.39, 0.29) is 11.4 Å². The van der Waals surface area contributed by atoms with Gasteiger partial charge in [-0.2, -0.15) is 5.26 Å². The Morgan fingerprint density at radius 3 is 2.72 bits per heavy atom. The Bertz CT molecular complexity index is 467. The van der Waals surface area contributed by atoms with Crippen molar-refractivity contribution in [1.82, 2.24) is 4.98 Å². The number of nitrogens with zero attached hydrogens (tertiary/aromatic N) is 3. The number of pyridine rings is 1. The summed E-state index contributed by atoms with van der Waals surface area (Å²) >= 11 is 0. The van der Waals surface area contributed by atoms with Crippen molar-refractivity contribution < 1.29 is 14.4 Å². The van der Waals surface area contributed by atoms with E-state index in [2.05, 4.69) is 10.3 Å². The molecule has 0 bridgehead atoms. The summed E-state index contributed by atoms with van der Waals surface area (Å²) in [5, 5.41) is 22.2. The summed E-state index contributed by atoms with van der Waals surface area (Å²) < 4.78 is 9.91. The van der Waals surface area contributed by atoms with Gasteiger partial charge in [-0.05, 0) is 6.07 Å². The van der Waals surface area contributed by atoms with Crippen LogP contribution in [0.1, 0.15) is 5.69 Å². The Morgan fingerprint density at radius 2 is 2.22 bits per heavy atom. The minimum atomic E-state index is -0.650. The fourth-order valence-electron chi connectivity index (χ4n) is 1.23. The standard InChI is InChI=1S/C10H12N4O4/c1-17-10(18-2)6-12-9-4-3-8(14(15)16)7(5-11)13-9/h3-4,10H,6H2,1-2H3,(H,12,13). The zero-order chi connectivity index (χ0) is 13.5. The molecule has 0 aliphatic heterocycles. The minimum absolute atomic E-state index is 0.239. The second kappa shape index (κ2) is 6.48. The maximum absolute atomic E-state index is 10.6. The van der Waals surface area contributed by atoms with E-state index in [0.717, 1.165) is 0 Å². The van der Waals surface area contributed by atoms with Gasteiger partial charge in [0, 0.05) is 20.3 Å². The summed E-state index contributed by atoms with van der Waals surface area (Å²) in [6, 6.07) is 4.32. The van der Waals surface area contributed by atoms with Crippen molar-refractivity contribution in [1.29, 1.82) is 5.26 Å². The van der Waals surface area contributed by atoms with Crippen LogP contribution < -0.4 is 5.32 Å². The number of hydrogen-bond acceptors (Lipinski definition) is 7. The molecule has 1 aromatic heterocycles. The maximum atomic E-state index is 10.6. The van der Waals surface area contributed by atoms with E-state index < -0.39 is 11.2 Å². The third kappa shape index (κ3) is 3.38. The molecule has 0 atom stereocenters. The molecule has 0 amide bonds. The van der Waals surface area contributed by atoms with E-state index in [1.807, 2.05) is 0 Å². The van der Waals surface area contributed by atoms with Gasteiger partial charge in [0.05, 0.1) is 11.5 Å². The minimum Gasteiger partial charge on any atom is -0.365 e. The molecule has 0 spiro atoms. The summed E-state index contributed by atoms with van der Waals surface area (Å²) in [6.45, 7) is 0.308. The molecule has 0 radical (unpaired) electrons. The number of anilines is 1. The van der Waals surface area contributed by atoms with Crippen molar-refractivity contribution >= 4 is 11.5 Å². The molecule has 8 heteroatoms. The number of aromatic nitrogens is 1. The molecule has 0 unspecified atom stereocenters. The van der Waals surface area contributed by atoms with Gasteiger partial charge in [0.1, 0.15) is 11.9 Å². The van der Waals surface area contributed by atoms with Gasteiger partial charge in [-0.1, -0.05) is 0 Å². The van der Waals surface area contributed by atoms with Crippen molar-refractivity contribution in [2.75, 3.05) is 26.1 Å². The first-order chi connectivity index (χ1) is 8.62. The lowest BCUT2D eigenvalue weighted by Crippen LogP contribution is -2.24. The van der Waals surface area contributed by atoms with Gasteiger partial charge in [-0.3, -0.25) is 10.1 Å². The van der Waals surface area contributed by atoms with Gasteiger partial charge in [0.25, 0.3) is 0 Å². The summed E-state index contributed by atoms with van der Waals surface area (Å²) in [5.74, 6) is 0.344. The van der Waals surface area contributed by atoms with Crippen LogP contribution in [0.25, 0.3) is 0 Å². The fourth-order valence-corrected chi connectivity index (χ4v) is 1.23. The Labute approximate surface area is 103 Å². The molecule has 1 N–H and O–H groups in total. The van der Waals surface area contributed by atoms with Crippen LogP contribution in [-0.2, 0) is 9.47 Å². The van der Waals surface area contributed by atoms with E-state index in [1.54, 1.807) is 6.07 Å². The molecule has 0 fully saturated rings. The number of nitriles is 1. The largest absolute Gasteiger partial charge is 0.365 e. The number of methoxy groups -OCH3 is 2. The van der Waals surface area contributed by atoms with Crippen molar-refractivity contribution in [3.8, 4) is 6.07 Å². The molecule has 0 aliphatic carbocycles. The first kappa shape index (κ1) is 13.8. The zero-order valence-electron chi connectivity index (χ0n) is 9.91. The quantitative estimate of drug-likeness (QED) is 0.454. The van der Waals surface area contributed by atoms with Crippen LogP contribution in [0.2, 0.25) is 0 Å². The van der Waals surface area contributed by atoms with Crippen LogP contribution in [0, 0.1) is 21.4 Å². The Hall–Kier alpha value is -2.24. The number of nitrogens with one attached hydrogen (secondary N) is 1. The van der Waals surface area contributed by atoms with E-state index >= 15 is 0 Å². The molecule has 96 valence electrons. The monoisotopic (exact) mass is 252 g/mol. The molecule has 1 rings (SSSR count). The van der Waals surface area contributed by atoms with Gasteiger partial charge in [-0.25, -0.2) is 4.98 Å². The Morgan fingerprint density at radius 1 is 1.56 bits per heavy atom. The normalized spacial score (nSPS) is 10.1. The highest BCUT2D eigenvalue weighted by atomic mass is 16.7. The van der Waals surface area contributed by atoms with Gasteiger partial charge in [0.15, 0.2) is 6.29 Å². The average Bonchev–Trinajstić information content (AvgIpc) is 2.39. The van der Waals surface area contributed by atoms with E-state index in [1.165, 1.54) is 26.4 Å². The molecule has 8 nitrogen and oxygen atoms in total. The molecule has 18 heavy (non-hydrogen) atoms. The van der Waals surface area contributed by atoms with Gasteiger partial charge in [-0.15, -0.1) is 0 Å². The zero-order valence-corrected chi connectivity index (χ0v) is 9.91. The summed E-state index contributed by atoms with van der Waals surface area (Å²) in [5.41, 5.74) is -0.561. The van der Waals surface area contributed by atoms with E-state index in [0.29, 0.717) is 12.4 Å². The first-order valence-electron chi connectivity index (χ1n) is 4.97. The fraction of sp³-hybridized carbons (Fsp3) is 0.400. The third-order valence-corrected chi connectivity index (χ3v) is 2.15. The van der Waals surface area contributed by atoms with Crippen LogP contribution in [0.5, 0.6) is 0 Å². The SMILES string of the molecule is COC(CNc1ccc([N+](=O)[O-])c(C#N)n1)OC. The number of nitro groups is 1. The highest BCUT2D eigenvalue weighted by molar-refractivity contribution is 5.50. The van der Waals surface area contributed by atoms with Crippen molar-refractivity contribution in [3.05, 3.63) is 27.9 Å². The molecule has 0 saturated carbocycles. The predicted molar refractivity (Wildman–Crippen MR) is 61.9 cm³/mol. The highest BCUT2D eigenvalue weighted by Crippen LogP contribution is 2.17. The second-order valence-electron chi connectivity index (χ2n) is 3.22. The summed E-state index contributed by atoms with van der Waals surface area (Å²) in [6.07, 6.45) is -0.465. The highest BCUT2D eigenvalue weighted by Gasteiger charge is 2.15. The molecule has 0 aliphatic rings. The van der Waals surface area contributed by atoms with Crippen LogP contribution in [0.15, 0.2) is 12.1 Å². The molecule has 0 aromatic carbocycles. The van der Waals surface area contributed by atoms with Gasteiger partial charge in [0.2, 0.25) is 5.69 Å². The van der Waals surface area contributed by atoms with Crippen molar-refractivity contribution in [3.63, 3.8) is 0 Å². The first-order valence-corrected chi connectivity index (χ1v) is 4.97. The van der Waals surface area contributed by atoms with Gasteiger partial charge < -0.3 is 14.8 Å². The molecular weight excluding hydrogens is 240 g/mol. The second-order valence-corrected chi connectivity index (χ2v) is 3.22. The average molecular weight is 252 g/mol.